The fraction of sp³-hybridized carbons (Fsp3) is 0.176. The summed E-state index contributed by atoms with van der Waals surface area (Å²) < 4.78 is 10.6. The van der Waals surface area contributed by atoms with Gasteiger partial charge in [-0.15, -0.1) is 0 Å². The Kier molecular flexibility index (Phi) is 5.54. The van der Waals surface area contributed by atoms with Gasteiger partial charge in [0.25, 0.3) is 5.91 Å². The molecule has 0 bridgehead atoms. The van der Waals surface area contributed by atoms with Crippen LogP contribution in [-0.2, 0) is 4.79 Å². The Morgan fingerprint density at radius 1 is 1.09 bits per heavy atom. The van der Waals surface area contributed by atoms with Crippen LogP contribution in [0.1, 0.15) is 12.5 Å². The number of benzene rings is 2. The molecule has 0 aliphatic carbocycles. The molecule has 1 N–H and O–H groups in total. The molecule has 0 saturated carbocycles. The summed E-state index contributed by atoms with van der Waals surface area (Å²) >= 11 is 0. The summed E-state index contributed by atoms with van der Waals surface area (Å²) in [5.74, 6) is 1.10. The van der Waals surface area contributed by atoms with E-state index in [0.717, 1.165) is 11.3 Å². The Bertz CT molecular complexity index is 624. The number of ether oxygens (including phenoxy) is 2. The third-order valence-electron chi connectivity index (χ3n) is 2.93. The predicted octanol–water partition coefficient (Wildman–Crippen LogP) is 2.61. The smallest absolute Gasteiger partial charge is 0.280 e. The molecule has 0 aromatic heterocycles. The molecule has 0 fully saturated rings. The summed E-state index contributed by atoms with van der Waals surface area (Å²) in [6.07, 6.45) is 0.933. The number of hydrogen-bond acceptors (Lipinski definition) is 4. The highest BCUT2D eigenvalue weighted by molar-refractivity contribution is 5.84. The van der Waals surface area contributed by atoms with Crippen LogP contribution in [0.25, 0.3) is 0 Å². The average molecular weight is 298 g/mol. The Morgan fingerprint density at radius 3 is 2.41 bits per heavy atom. The van der Waals surface area contributed by atoms with Gasteiger partial charge >= 0.3 is 0 Å². The van der Waals surface area contributed by atoms with Crippen molar-refractivity contribution in [2.24, 2.45) is 5.10 Å². The fourth-order valence-electron chi connectivity index (χ4n) is 1.71. The van der Waals surface area contributed by atoms with Gasteiger partial charge in [0.2, 0.25) is 0 Å². The molecular weight excluding hydrogens is 280 g/mol. The zero-order chi connectivity index (χ0) is 15.8. The van der Waals surface area contributed by atoms with Crippen LogP contribution >= 0.6 is 0 Å². The number of carbonyl (C=O) groups is 1. The van der Waals surface area contributed by atoms with Crippen molar-refractivity contribution in [3.63, 3.8) is 0 Å². The van der Waals surface area contributed by atoms with Crippen LogP contribution in [0, 0.1) is 0 Å². The summed E-state index contributed by atoms with van der Waals surface area (Å²) in [6, 6.07) is 16.5. The first-order valence-electron chi connectivity index (χ1n) is 6.87. The zero-order valence-electron chi connectivity index (χ0n) is 12.5. The van der Waals surface area contributed by atoms with Crippen molar-refractivity contribution in [3.8, 4) is 11.5 Å². The zero-order valence-corrected chi connectivity index (χ0v) is 12.5. The number of hydrogen-bond donors (Lipinski definition) is 1. The molecule has 1 atom stereocenters. The highest BCUT2D eigenvalue weighted by Gasteiger charge is 2.13. The molecule has 2 aromatic carbocycles. The van der Waals surface area contributed by atoms with E-state index in [1.54, 1.807) is 32.4 Å². The van der Waals surface area contributed by atoms with Crippen LogP contribution in [0.5, 0.6) is 11.5 Å². The lowest BCUT2D eigenvalue weighted by molar-refractivity contribution is -0.127. The van der Waals surface area contributed by atoms with Crippen LogP contribution < -0.4 is 14.9 Å². The molecule has 22 heavy (non-hydrogen) atoms. The first-order chi connectivity index (χ1) is 10.7. The van der Waals surface area contributed by atoms with Gasteiger partial charge in [-0.1, -0.05) is 18.2 Å². The minimum Gasteiger partial charge on any atom is -0.497 e. The van der Waals surface area contributed by atoms with E-state index >= 15 is 0 Å². The van der Waals surface area contributed by atoms with E-state index in [4.69, 9.17) is 9.47 Å². The van der Waals surface area contributed by atoms with Gasteiger partial charge in [-0.05, 0) is 48.9 Å². The van der Waals surface area contributed by atoms with E-state index in [0.29, 0.717) is 5.75 Å². The molecule has 0 radical (unpaired) electrons. The number of para-hydroxylation sites is 1. The molecule has 2 aromatic rings. The highest BCUT2D eigenvalue weighted by Crippen LogP contribution is 2.11. The van der Waals surface area contributed by atoms with Gasteiger partial charge < -0.3 is 9.47 Å². The summed E-state index contributed by atoms with van der Waals surface area (Å²) in [5.41, 5.74) is 3.31. The molecule has 5 heteroatoms. The normalized spacial score (nSPS) is 11.9. The summed E-state index contributed by atoms with van der Waals surface area (Å²) in [5, 5.41) is 3.91. The summed E-state index contributed by atoms with van der Waals surface area (Å²) in [7, 11) is 1.61. The molecule has 0 spiro atoms. The van der Waals surface area contributed by atoms with Crippen LogP contribution in [0.3, 0.4) is 0 Å². The van der Waals surface area contributed by atoms with Crippen molar-refractivity contribution >= 4 is 12.1 Å². The molecule has 0 saturated heterocycles. The number of rotatable bonds is 6. The van der Waals surface area contributed by atoms with Crippen molar-refractivity contribution in [1.82, 2.24) is 5.43 Å². The second-order valence-electron chi connectivity index (χ2n) is 4.58. The van der Waals surface area contributed by atoms with Crippen molar-refractivity contribution in [2.75, 3.05) is 7.11 Å². The first kappa shape index (κ1) is 15.6. The topological polar surface area (TPSA) is 59.9 Å². The molecular formula is C17H18N2O3. The lowest BCUT2D eigenvalue weighted by Crippen LogP contribution is -2.33. The second-order valence-corrected chi connectivity index (χ2v) is 4.58. The van der Waals surface area contributed by atoms with Gasteiger partial charge in [-0.2, -0.15) is 5.10 Å². The second kappa shape index (κ2) is 7.83. The van der Waals surface area contributed by atoms with E-state index in [1.165, 1.54) is 0 Å². The van der Waals surface area contributed by atoms with E-state index < -0.39 is 6.10 Å². The third kappa shape index (κ3) is 4.63. The maximum Gasteiger partial charge on any atom is 0.280 e. The van der Waals surface area contributed by atoms with Crippen molar-refractivity contribution in [2.45, 2.75) is 13.0 Å². The SMILES string of the molecule is COc1ccc(C=NNC(=O)C(C)Oc2ccccc2)cc1. The van der Waals surface area contributed by atoms with Gasteiger partial charge in [-0.3, -0.25) is 4.79 Å². The highest BCUT2D eigenvalue weighted by atomic mass is 16.5. The summed E-state index contributed by atoms with van der Waals surface area (Å²) in [6.45, 7) is 1.67. The quantitative estimate of drug-likeness (QED) is 0.659. The number of nitrogens with one attached hydrogen (secondary N) is 1. The molecule has 114 valence electrons. The Labute approximate surface area is 129 Å². The average Bonchev–Trinajstić information content (AvgIpc) is 2.56. The van der Waals surface area contributed by atoms with Crippen LogP contribution in [-0.4, -0.2) is 25.3 Å². The third-order valence-corrected chi connectivity index (χ3v) is 2.93. The molecule has 5 nitrogen and oxygen atoms in total. The molecule has 0 aliphatic heterocycles. The fourth-order valence-corrected chi connectivity index (χ4v) is 1.71. The monoisotopic (exact) mass is 298 g/mol. The summed E-state index contributed by atoms with van der Waals surface area (Å²) in [4.78, 5) is 11.9. The van der Waals surface area contributed by atoms with E-state index in [-0.39, 0.29) is 5.91 Å². The van der Waals surface area contributed by atoms with E-state index in [1.807, 2.05) is 42.5 Å². The molecule has 0 heterocycles. The maximum atomic E-state index is 11.9. The molecule has 2 rings (SSSR count). The number of nitrogens with zero attached hydrogens (tertiary/aromatic N) is 1. The molecule has 1 unspecified atom stereocenters. The van der Waals surface area contributed by atoms with E-state index in [9.17, 15) is 4.79 Å². The van der Waals surface area contributed by atoms with Crippen LogP contribution in [0.2, 0.25) is 0 Å². The number of methoxy groups -OCH3 is 1. The lowest BCUT2D eigenvalue weighted by atomic mass is 10.2. The van der Waals surface area contributed by atoms with Crippen molar-refractivity contribution < 1.29 is 14.3 Å². The van der Waals surface area contributed by atoms with Crippen molar-refractivity contribution in [3.05, 3.63) is 60.2 Å². The molecule has 1 amide bonds. The number of hydrazone groups is 1. The van der Waals surface area contributed by atoms with Gasteiger partial charge in [0.1, 0.15) is 11.5 Å². The maximum absolute atomic E-state index is 11.9. The van der Waals surface area contributed by atoms with Gasteiger partial charge in [-0.25, -0.2) is 5.43 Å². The molecule has 0 aliphatic rings. The van der Waals surface area contributed by atoms with E-state index in [2.05, 4.69) is 10.5 Å². The number of carbonyl (C=O) groups excluding carboxylic acids is 1. The Hall–Kier alpha value is -2.82. The minimum absolute atomic E-state index is 0.311. The number of amides is 1. The largest absolute Gasteiger partial charge is 0.497 e. The Morgan fingerprint density at radius 2 is 1.77 bits per heavy atom. The lowest BCUT2D eigenvalue weighted by Gasteiger charge is -2.12. The Balaban J connectivity index is 1.84. The van der Waals surface area contributed by atoms with Gasteiger partial charge in [0.05, 0.1) is 13.3 Å². The minimum atomic E-state index is -0.629. The predicted molar refractivity (Wildman–Crippen MR) is 85.3 cm³/mol. The van der Waals surface area contributed by atoms with Crippen LogP contribution in [0.15, 0.2) is 59.7 Å². The van der Waals surface area contributed by atoms with Gasteiger partial charge in [0.15, 0.2) is 6.10 Å². The van der Waals surface area contributed by atoms with Crippen LogP contribution in [0.4, 0.5) is 0 Å². The van der Waals surface area contributed by atoms with Crippen molar-refractivity contribution in [1.29, 1.82) is 0 Å². The first-order valence-corrected chi connectivity index (χ1v) is 6.87. The standard InChI is InChI=1S/C17H18N2O3/c1-13(22-16-6-4-3-5-7-16)17(20)19-18-12-14-8-10-15(21-2)11-9-14/h3-13H,1-2H3,(H,19,20). The van der Waals surface area contributed by atoms with Gasteiger partial charge in [0, 0.05) is 0 Å².